The molecule has 0 radical (unpaired) electrons. The molecule has 0 saturated carbocycles. The van der Waals surface area contributed by atoms with E-state index in [1.165, 1.54) is 22.8 Å². The molecule has 1 rings (SSSR count). The van der Waals surface area contributed by atoms with Crippen LogP contribution in [0.4, 0.5) is 0 Å². The summed E-state index contributed by atoms with van der Waals surface area (Å²) in [5.41, 5.74) is 1.02. The first-order valence-electron chi connectivity index (χ1n) is 6.71. The minimum atomic E-state index is -0.351. The molecule has 0 saturated heterocycles. The van der Waals surface area contributed by atoms with E-state index in [-0.39, 0.29) is 6.10 Å². The van der Waals surface area contributed by atoms with Gasteiger partial charge in [-0.1, -0.05) is 55.5 Å². The molecule has 0 fully saturated rings. The molecule has 0 spiro atoms. The monoisotopic (exact) mass is 424 g/mol. The molecule has 3 heteroatoms. The van der Waals surface area contributed by atoms with Crippen LogP contribution in [0.2, 0.25) is 0 Å². The van der Waals surface area contributed by atoms with Crippen LogP contribution in [-0.2, 0) is 0 Å². The Morgan fingerprint density at radius 3 is 2.67 bits per heavy atom. The van der Waals surface area contributed by atoms with Gasteiger partial charge < -0.3 is 5.11 Å². The normalized spacial score (nSPS) is 14.5. The van der Waals surface area contributed by atoms with Crippen LogP contribution in [0.15, 0.2) is 22.7 Å². The molecule has 0 aliphatic rings. The van der Waals surface area contributed by atoms with Gasteiger partial charge in [-0.3, -0.25) is 0 Å². The largest absolute Gasteiger partial charge is 0.388 e. The molecule has 18 heavy (non-hydrogen) atoms. The fourth-order valence-corrected chi connectivity index (χ4v) is 3.22. The van der Waals surface area contributed by atoms with Crippen molar-refractivity contribution in [3.8, 4) is 0 Å². The number of aliphatic hydroxyl groups excluding tert-OH is 1. The minimum Gasteiger partial charge on any atom is -0.388 e. The van der Waals surface area contributed by atoms with Crippen molar-refractivity contribution >= 4 is 38.5 Å². The number of halogens is 2. The molecule has 0 aromatic heterocycles. The highest BCUT2D eigenvalue weighted by molar-refractivity contribution is 14.1. The topological polar surface area (TPSA) is 20.2 Å². The van der Waals surface area contributed by atoms with Crippen molar-refractivity contribution in [3.05, 3.63) is 31.8 Å². The third-order valence-corrected chi connectivity index (χ3v) is 4.81. The number of hydrogen-bond donors (Lipinski definition) is 1. The summed E-state index contributed by atoms with van der Waals surface area (Å²) in [6.07, 6.45) is 5.40. The Hall–Kier alpha value is 0.390. The third kappa shape index (κ3) is 5.17. The summed E-state index contributed by atoms with van der Waals surface area (Å²) in [4.78, 5) is 0. The standard InChI is InChI=1S/C15H22BrIO/c1-3-5-6-11(4-2)9-15(18)13-10-12(17)7-8-14(13)16/h7-8,10-11,15,18H,3-6,9H2,1-2H3. The van der Waals surface area contributed by atoms with Gasteiger partial charge >= 0.3 is 0 Å². The highest BCUT2D eigenvalue weighted by Gasteiger charge is 2.16. The molecule has 1 aromatic rings. The van der Waals surface area contributed by atoms with E-state index in [0.717, 1.165) is 22.9 Å². The Morgan fingerprint density at radius 1 is 1.33 bits per heavy atom. The number of hydrogen-bond acceptors (Lipinski definition) is 1. The van der Waals surface area contributed by atoms with Crippen LogP contribution in [0.5, 0.6) is 0 Å². The van der Waals surface area contributed by atoms with Gasteiger partial charge in [-0.15, -0.1) is 0 Å². The van der Waals surface area contributed by atoms with Crippen LogP contribution in [0.25, 0.3) is 0 Å². The van der Waals surface area contributed by atoms with Gasteiger partial charge in [0, 0.05) is 8.04 Å². The van der Waals surface area contributed by atoms with Gasteiger partial charge in [0.15, 0.2) is 0 Å². The van der Waals surface area contributed by atoms with Crippen molar-refractivity contribution in [2.75, 3.05) is 0 Å². The van der Waals surface area contributed by atoms with Crippen LogP contribution >= 0.6 is 38.5 Å². The summed E-state index contributed by atoms with van der Waals surface area (Å²) in [5.74, 6) is 0.629. The van der Waals surface area contributed by atoms with Crippen LogP contribution < -0.4 is 0 Å². The predicted octanol–water partition coefficient (Wildman–Crippen LogP) is 5.69. The summed E-state index contributed by atoms with van der Waals surface area (Å²) in [5, 5.41) is 10.4. The highest BCUT2D eigenvalue weighted by atomic mass is 127. The Balaban J connectivity index is 2.67. The molecule has 1 nitrogen and oxygen atoms in total. The second kappa shape index (κ2) is 8.54. The zero-order valence-electron chi connectivity index (χ0n) is 11.1. The van der Waals surface area contributed by atoms with Gasteiger partial charge in [0.1, 0.15) is 0 Å². The van der Waals surface area contributed by atoms with E-state index in [9.17, 15) is 5.11 Å². The van der Waals surface area contributed by atoms with Gasteiger partial charge in [-0.25, -0.2) is 0 Å². The Labute approximate surface area is 133 Å². The maximum absolute atomic E-state index is 10.4. The van der Waals surface area contributed by atoms with Gasteiger partial charge in [0.2, 0.25) is 0 Å². The lowest BCUT2D eigenvalue weighted by molar-refractivity contribution is 0.138. The Morgan fingerprint density at radius 2 is 2.06 bits per heavy atom. The first kappa shape index (κ1) is 16.4. The molecule has 1 N–H and O–H groups in total. The van der Waals surface area contributed by atoms with Crippen molar-refractivity contribution in [2.24, 2.45) is 5.92 Å². The Bertz CT molecular complexity index is 368. The second-order valence-electron chi connectivity index (χ2n) is 4.83. The molecule has 0 bridgehead atoms. The molecule has 0 aliphatic heterocycles. The quantitative estimate of drug-likeness (QED) is 0.557. The summed E-state index contributed by atoms with van der Waals surface area (Å²) in [7, 11) is 0. The van der Waals surface area contributed by atoms with Crippen LogP contribution in [0.1, 0.15) is 57.6 Å². The minimum absolute atomic E-state index is 0.351. The molecule has 2 unspecified atom stereocenters. The van der Waals surface area contributed by atoms with Crippen molar-refractivity contribution in [1.82, 2.24) is 0 Å². The molecule has 0 amide bonds. The highest BCUT2D eigenvalue weighted by Crippen LogP contribution is 2.31. The summed E-state index contributed by atoms with van der Waals surface area (Å²) in [6, 6.07) is 6.14. The van der Waals surface area contributed by atoms with E-state index in [1.54, 1.807) is 0 Å². The van der Waals surface area contributed by atoms with Crippen LogP contribution in [0.3, 0.4) is 0 Å². The number of rotatable bonds is 7. The lowest BCUT2D eigenvalue weighted by Gasteiger charge is -2.20. The van der Waals surface area contributed by atoms with E-state index in [2.05, 4.69) is 64.5 Å². The van der Waals surface area contributed by atoms with Gasteiger partial charge in [0.05, 0.1) is 6.10 Å². The summed E-state index contributed by atoms with van der Waals surface area (Å²) in [6.45, 7) is 4.44. The predicted molar refractivity (Wildman–Crippen MR) is 89.7 cm³/mol. The number of aliphatic hydroxyl groups is 1. The average Bonchev–Trinajstić information content (AvgIpc) is 2.37. The smallest absolute Gasteiger partial charge is 0.0804 e. The zero-order chi connectivity index (χ0) is 13.5. The van der Waals surface area contributed by atoms with Crippen LogP contribution in [-0.4, -0.2) is 5.11 Å². The molecular formula is C15H22BrIO. The van der Waals surface area contributed by atoms with E-state index in [4.69, 9.17) is 0 Å². The van der Waals surface area contributed by atoms with Crippen LogP contribution in [0, 0.1) is 9.49 Å². The lowest BCUT2D eigenvalue weighted by Crippen LogP contribution is -2.08. The molecular weight excluding hydrogens is 403 g/mol. The van der Waals surface area contributed by atoms with E-state index in [1.807, 2.05) is 6.07 Å². The first-order valence-corrected chi connectivity index (χ1v) is 8.58. The SMILES string of the molecule is CCCCC(CC)CC(O)c1cc(I)ccc1Br. The van der Waals surface area contributed by atoms with E-state index in [0.29, 0.717) is 5.92 Å². The zero-order valence-corrected chi connectivity index (χ0v) is 14.9. The number of unbranched alkanes of at least 4 members (excludes halogenated alkanes) is 1. The van der Waals surface area contributed by atoms with E-state index >= 15 is 0 Å². The van der Waals surface area contributed by atoms with Crippen molar-refractivity contribution in [1.29, 1.82) is 0 Å². The summed E-state index contributed by atoms with van der Waals surface area (Å²) < 4.78 is 2.19. The van der Waals surface area contributed by atoms with Crippen molar-refractivity contribution in [2.45, 2.75) is 52.1 Å². The molecule has 0 aliphatic carbocycles. The molecule has 102 valence electrons. The molecule has 1 aromatic carbocycles. The third-order valence-electron chi connectivity index (χ3n) is 3.42. The maximum Gasteiger partial charge on any atom is 0.0804 e. The first-order chi connectivity index (χ1) is 8.58. The summed E-state index contributed by atoms with van der Waals surface area (Å²) >= 11 is 5.82. The lowest BCUT2D eigenvalue weighted by atomic mass is 9.91. The second-order valence-corrected chi connectivity index (χ2v) is 6.93. The fraction of sp³-hybridized carbons (Fsp3) is 0.600. The van der Waals surface area contributed by atoms with Gasteiger partial charge in [0.25, 0.3) is 0 Å². The Kier molecular flexibility index (Phi) is 7.80. The average molecular weight is 425 g/mol. The fourth-order valence-electron chi connectivity index (χ4n) is 2.19. The van der Waals surface area contributed by atoms with E-state index < -0.39 is 0 Å². The molecule has 0 heterocycles. The van der Waals surface area contributed by atoms with Gasteiger partial charge in [-0.2, -0.15) is 0 Å². The molecule has 2 atom stereocenters. The van der Waals surface area contributed by atoms with Crippen molar-refractivity contribution in [3.63, 3.8) is 0 Å². The maximum atomic E-state index is 10.4. The van der Waals surface area contributed by atoms with Crippen molar-refractivity contribution < 1.29 is 5.11 Å². The number of benzene rings is 1. The van der Waals surface area contributed by atoms with Gasteiger partial charge in [-0.05, 0) is 58.7 Å².